The molecule has 1 amide bonds. The molecule has 8 nitrogen and oxygen atoms in total. The second-order valence-electron chi connectivity index (χ2n) is 6.06. The van der Waals surface area contributed by atoms with Gasteiger partial charge in [0.25, 0.3) is 0 Å². The van der Waals surface area contributed by atoms with Crippen molar-refractivity contribution in [3.63, 3.8) is 0 Å². The van der Waals surface area contributed by atoms with E-state index in [4.69, 9.17) is 9.47 Å². The van der Waals surface area contributed by atoms with E-state index in [1.165, 1.54) is 0 Å². The lowest BCUT2D eigenvalue weighted by molar-refractivity contribution is -0.117. The molecule has 0 aliphatic carbocycles. The number of carbonyl (C=O) groups is 1. The lowest BCUT2D eigenvalue weighted by Gasteiger charge is -2.16. The van der Waals surface area contributed by atoms with E-state index in [2.05, 4.69) is 25.9 Å². The third kappa shape index (κ3) is 4.41. The zero-order valence-corrected chi connectivity index (χ0v) is 15.4. The molecule has 0 saturated carbocycles. The number of aryl methyl sites for hydroxylation is 1. The predicted molar refractivity (Wildman–Crippen MR) is 100.0 cm³/mol. The van der Waals surface area contributed by atoms with Gasteiger partial charge in [-0.3, -0.25) is 4.79 Å². The molecule has 0 bridgehead atoms. The molecule has 0 radical (unpaired) electrons. The van der Waals surface area contributed by atoms with Crippen molar-refractivity contribution in [2.75, 3.05) is 19.5 Å². The molecule has 0 fully saturated rings. The van der Waals surface area contributed by atoms with Gasteiger partial charge in [0.1, 0.15) is 17.4 Å². The number of ether oxygens (including phenoxy) is 2. The van der Waals surface area contributed by atoms with Gasteiger partial charge in [-0.15, -0.1) is 10.2 Å². The molecule has 2 aromatic carbocycles. The lowest BCUT2D eigenvalue weighted by atomic mass is 9.96. The maximum absolute atomic E-state index is 13.0. The predicted octanol–water partition coefficient (Wildman–Crippen LogP) is 2.49. The highest BCUT2D eigenvalue weighted by Crippen LogP contribution is 2.29. The van der Waals surface area contributed by atoms with Crippen molar-refractivity contribution < 1.29 is 14.3 Å². The Kier molecular flexibility index (Phi) is 5.65. The summed E-state index contributed by atoms with van der Waals surface area (Å²) in [5, 5.41) is 16.9. The average Bonchev–Trinajstić information content (AvgIpc) is 3.20. The third-order valence-corrected chi connectivity index (χ3v) is 4.19. The number of H-pyrrole nitrogens is 1. The van der Waals surface area contributed by atoms with Gasteiger partial charge in [-0.2, -0.15) is 5.21 Å². The minimum atomic E-state index is -0.648. The van der Waals surface area contributed by atoms with Crippen LogP contribution >= 0.6 is 0 Å². The van der Waals surface area contributed by atoms with Crippen LogP contribution in [0.4, 0.5) is 5.69 Å². The fourth-order valence-corrected chi connectivity index (χ4v) is 2.83. The van der Waals surface area contributed by atoms with Crippen LogP contribution < -0.4 is 14.8 Å². The highest BCUT2D eigenvalue weighted by molar-refractivity contribution is 5.95. The first-order chi connectivity index (χ1) is 13.1. The molecule has 3 aromatic rings. The summed E-state index contributed by atoms with van der Waals surface area (Å²) in [4.78, 5) is 13.0. The Bertz CT molecular complexity index is 911. The number of methoxy groups -OCH3 is 2. The number of benzene rings is 2. The molecule has 140 valence electrons. The molecule has 1 unspecified atom stereocenters. The molecule has 27 heavy (non-hydrogen) atoms. The number of hydrogen-bond acceptors (Lipinski definition) is 6. The fourth-order valence-electron chi connectivity index (χ4n) is 2.83. The van der Waals surface area contributed by atoms with Crippen molar-refractivity contribution in [2.24, 2.45) is 0 Å². The van der Waals surface area contributed by atoms with E-state index in [-0.39, 0.29) is 5.91 Å². The Morgan fingerprint density at radius 1 is 1.19 bits per heavy atom. The summed E-state index contributed by atoms with van der Waals surface area (Å²) in [7, 11) is 3.17. The summed E-state index contributed by atoms with van der Waals surface area (Å²) < 4.78 is 10.7. The normalized spacial score (nSPS) is 11.7. The van der Waals surface area contributed by atoms with Gasteiger partial charge < -0.3 is 14.8 Å². The first-order valence-corrected chi connectivity index (χ1v) is 8.42. The molecule has 1 atom stereocenters. The van der Waals surface area contributed by atoms with Crippen LogP contribution in [0.5, 0.6) is 11.5 Å². The minimum Gasteiger partial charge on any atom is -0.497 e. The number of aromatic amines is 1. The van der Waals surface area contributed by atoms with E-state index in [1.54, 1.807) is 26.4 Å². The molecule has 0 aliphatic rings. The van der Waals surface area contributed by atoms with Crippen LogP contribution in [0.3, 0.4) is 0 Å². The number of anilines is 1. The largest absolute Gasteiger partial charge is 0.497 e. The van der Waals surface area contributed by atoms with Crippen LogP contribution in [0.1, 0.15) is 22.9 Å². The van der Waals surface area contributed by atoms with E-state index >= 15 is 0 Å². The number of hydrogen-bond donors (Lipinski definition) is 2. The quantitative estimate of drug-likeness (QED) is 0.665. The van der Waals surface area contributed by atoms with Crippen LogP contribution in [-0.2, 0) is 11.2 Å². The highest BCUT2D eigenvalue weighted by Gasteiger charge is 2.27. The Hall–Kier alpha value is -3.42. The molecular formula is C19H21N5O3. The maximum Gasteiger partial charge on any atom is 0.235 e. The first-order valence-electron chi connectivity index (χ1n) is 8.42. The second-order valence-corrected chi connectivity index (χ2v) is 6.06. The Balaban J connectivity index is 1.90. The SMILES string of the molecule is COc1ccc(OC)c(CC(C(=O)Nc2cccc(C)c2)c2nn[nH]n2)c1. The summed E-state index contributed by atoms with van der Waals surface area (Å²) in [6.45, 7) is 1.97. The van der Waals surface area contributed by atoms with Gasteiger partial charge in [0, 0.05) is 5.69 Å². The van der Waals surface area contributed by atoms with Crippen LogP contribution in [0.25, 0.3) is 0 Å². The topological polar surface area (TPSA) is 102 Å². The van der Waals surface area contributed by atoms with E-state index in [0.29, 0.717) is 29.4 Å². The van der Waals surface area contributed by atoms with Gasteiger partial charge in [0.05, 0.1) is 14.2 Å². The van der Waals surface area contributed by atoms with Crippen molar-refractivity contribution in [3.05, 3.63) is 59.4 Å². The molecule has 1 aromatic heterocycles. The van der Waals surface area contributed by atoms with Crippen LogP contribution in [0.2, 0.25) is 0 Å². The van der Waals surface area contributed by atoms with Gasteiger partial charge >= 0.3 is 0 Å². The summed E-state index contributed by atoms with van der Waals surface area (Å²) in [5.74, 6) is 0.770. The third-order valence-electron chi connectivity index (χ3n) is 4.19. The number of nitrogens with zero attached hydrogens (tertiary/aromatic N) is 3. The fraction of sp³-hybridized carbons (Fsp3) is 0.263. The maximum atomic E-state index is 13.0. The Morgan fingerprint density at radius 3 is 2.70 bits per heavy atom. The molecule has 0 aliphatic heterocycles. The number of tetrazole rings is 1. The van der Waals surface area contributed by atoms with Gasteiger partial charge in [0.15, 0.2) is 5.82 Å². The highest BCUT2D eigenvalue weighted by atomic mass is 16.5. The van der Waals surface area contributed by atoms with Gasteiger partial charge in [-0.25, -0.2) is 0 Å². The van der Waals surface area contributed by atoms with E-state index in [1.807, 2.05) is 37.3 Å². The van der Waals surface area contributed by atoms with E-state index < -0.39 is 5.92 Å². The summed E-state index contributed by atoms with van der Waals surface area (Å²) in [5.41, 5.74) is 2.58. The number of nitrogens with one attached hydrogen (secondary N) is 2. The Morgan fingerprint density at radius 2 is 2.04 bits per heavy atom. The number of rotatable bonds is 7. The molecule has 2 N–H and O–H groups in total. The van der Waals surface area contributed by atoms with Crippen molar-refractivity contribution in [1.82, 2.24) is 20.6 Å². The van der Waals surface area contributed by atoms with E-state index in [9.17, 15) is 4.79 Å². The molecule has 0 saturated heterocycles. The smallest absolute Gasteiger partial charge is 0.235 e. The van der Waals surface area contributed by atoms with E-state index in [0.717, 1.165) is 11.1 Å². The van der Waals surface area contributed by atoms with Gasteiger partial charge in [0.2, 0.25) is 5.91 Å². The zero-order valence-electron chi connectivity index (χ0n) is 15.4. The van der Waals surface area contributed by atoms with Crippen LogP contribution in [0.15, 0.2) is 42.5 Å². The monoisotopic (exact) mass is 367 g/mol. The molecular weight excluding hydrogens is 346 g/mol. The number of aromatic nitrogens is 4. The second kappa shape index (κ2) is 8.31. The van der Waals surface area contributed by atoms with Crippen molar-refractivity contribution in [2.45, 2.75) is 19.3 Å². The molecule has 1 heterocycles. The van der Waals surface area contributed by atoms with Crippen molar-refractivity contribution >= 4 is 11.6 Å². The molecule has 3 rings (SSSR count). The van der Waals surface area contributed by atoms with Crippen molar-refractivity contribution in [3.8, 4) is 11.5 Å². The standard InChI is InChI=1S/C19H21N5O3/c1-12-5-4-6-14(9-12)20-19(25)16(18-21-23-24-22-18)11-13-10-15(26-2)7-8-17(13)27-3/h4-10,16H,11H2,1-3H3,(H,20,25)(H,21,22,23,24). The first kappa shape index (κ1) is 18.4. The molecule has 0 spiro atoms. The van der Waals surface area contributed by atoms with Gasteiger partial charge in [-0.1, -0.05) is 17.3 Å². The van der Waals surface area contributed by atoms with Crippen LogP contribution in [-0.4, -0.2) is 40.8 Å². The molecule has 8 heteroatoms. The van der Waals surface area contributed by atoms with Gasteiger partial charge in [-0.05, 0) is 54.8 Å². The Labute approximate surface area is 156 Å². The summed E-state index contributed by atoms with van der Waals surface area (Å²) in [6.07, 6.45) is 0.331. The van der Waals surface area contributed by atoms with Crippen molar-refractivity contribution in [1.29, 1.82) is 0 Å². The lowest BCUT2D eigenvalue weighted by Crippen LogP contribution is -2.24. The summed E-state index contributed by atoms with van der Waals surface area (Å²) in [6, 6.07) is 13.0. The minimum absolute atomic E-state index is 0.230. The van der Waals surface area contributed by atoms with Crippen LogP contribution in [0, 0.1) is 6.92 Å². The average molecular weight is 367 g/mol. The zero-order chi connectivity index (χ0) is 19.2. The summed E-state index contributed by atoms with van der Waals surface area (Å²) >= 11 is 0. The number of amides is 1. The number of carbonyl (C=O) groups excluding carboxylic acids is 1.